The van der Waals surface area contributed by atoms with Crippen molar-refractivity contribution >= 4 is 6.08 Å². The molecule has 0 saturated heterocycles. The molecule has 0 aliphatic rings. The van der Waals surface area contributed by atoms with E-state index in [1.165, 1.54) is 6.08 Å². The molecule has 0 radical (unpaired) electrons. The van der Waals surface area contributed by atoms with Crippen LogP contribution in [0, 0.1) is 6.92 Å². The van der Waals surface area contributed by atoms with Crippen molar-refractivity contribution in [3.05, 3.63) is 29.3 Å². The summed E-state index contributed by atoms with van der Waals surface area (Å²) < 4.78 is 5.48. The fraction of sp³-hybridized carbons (Fsp3) is 0.417. The highest BCUT2D eigenvalue weighted by molar-refractivity contribution is 5.37. The third-order valence-electron chi connectivity index (χ3n) is 2.13. The van der Waals surface area contributed by atoms with Gasteiger partial charge < -0.3 is 4.74 Å². The minimum absolute atomic E-state index is 0.484. The minimum Gasteiger partial charge on any atom is -0.494 e. The molecule has 0 saturated carbocycles. The molecule has 0 bridgehead atoms. The molecule has 1 rings (SSSR count). The summed E-state index contributed by atoms with van der Waals surface area (Å²) in [6.45, 7) is 5.12. The van der Waals surface area contributed by atoms with Gasteiger partial charge in [0.15, 0.2) is 0 Å². The molecule has 0 unspecified atom stereocenters. The summed E-state index contributed by atoms with van der Waals surface area (Å²) in [4.78, 5) is 13.4. The monoisotopic (exact) mass is 205 g/mol. The minimum atomic E-state index is 0.484. The topological polar surface area (TPSA) is 38.7 Å². The molecule has 1 aromatic rings. The smallest absolute Gasteiger partial charge is 0.234 e. The number of aliphatic imine (C=N–C) groups is 1. The lowest BCUT2D eigenvalue weighted by Crippen LogP contribution is -1.96. The fourth-order valence-corrected chi connectivity index (χ4v) is 1.34. The normalized spacial score (nSPS) is 9.47. The van der Waals surface area contributed by atoms with Crippen molar-refractivity contribution in [3.8, 4) is 5.75 Å². The lowest BCUT2D eigenvalue weighted by molar-refractivity contribution is 0.337. The Morgan fingerprint density at radius 2 is 2.27 bits per heavy atom. The van der Waals surface area contributed by atoms with Gasteiger partial charge in [0.1, 0.15) is 5.75 Å². The van der Waals surface area contributed by atoms with Crippen LogP contribution in [0.15, 0.2) is 23.2 Å². The quantitative estimate of drug-likeness (QED) is 0.546. The number of benzene rings is 1. The van der Waals surface area contributed by atoms with Crippen LogP contribution in [0.4, 0.5) is 0 Å². The van der Waals surface area contributed by atoms with Crippen molar-refractivity contribution in [3.63, 3.8) is 0 Å². The Balaban J connectivity index is 2.73. The Hall–Kier alpha value is -1.60. The fourth-order valence-electron chi connectivity index (χ4n) is 1.34. The molecule has 0 heterocycles. The third kappa shape index (κ3) is 3.56. The van der Waals surface area contributed by atoms with Crippen molar-refractivity contribution in [1.29, 1.82) is 0 Å². The summed E-state index contributed by atoms with van der Waals surface area (Å²) >= 11 is 0. The van der Waals surface area contributed by atoms with Gasteiger partial charge in [0.2, 0.25) is 6.08 Å². The average molecular weight is 205 g/mol. The lowest BCUT2D eigenvalue weighted by atomic mass is 10.1. The van der Waals surface area contributed by atoms with E-state index in [1.807, 2.05) is 32.0 Å². The van der Waals surface area contributed by atoms with E-state index >= 15 is 0 Å². The van der Waals surface area contributed by atoms with E-state index in [0.29, 0.717) is 13.2 Å². The van der Waals surface area contributed by atoms with Crippen LogP contribution in [-0.2, 0) is 11.2 Å². The molecule has 15 heavy (non-hydrogen) atoms. The third-order valence-corrected chi connectivity index (χ3v) is 2.13. The molecule has 80 valence electrons. The van der Waals surface area contributed by atoms with E-state index in [2.05, 4.69) is 4.99 Å². The second kappa shape index (κ2) is 5.99. The van der Waals surface area contributed by atoms with Crippen LogP contribution in [0.2, 0.25) is 0 Å². The van der Waals surface area contributed by atoms with Gasteiger partial charge in [-0.1, -0.05) is 12.1 Å². The summed E-state index contributed by atoms with van der Waals surface area (Å²) in [7, 11) is 0. The number of ether oxygens (including phenoxy) is 1. The van der Waals surface area contributed by atoms with Gasteiger partial charge in [-0.05, 0) is 37.5 Å². The van der Waals surface area contributed by atoms with Crippen molar-refractivity contribution < 1.29 is 9.53 Å². The van der Waals surface area contributed by atoms with E-state index < -0.39 is 0 Å². The molecular formula is C12H15NO2. The first-order chi connectivity index (χ1) is 7.27. The van der Waals surface area contributed by atoms with E-state index in [0.717, 1.165) is 23.3 Å². The Morgan fingerprint density at radius 1 is 1.47 bits per heavy atom. The van der Waals surface area contributed by atoms with Gasteiger partial charge in [0.25, 0.3) is 0 Å². The summed E-state index contributed by atoms with van der Waals surface area (Å²) in [6.07, 6.45) is 2.28. The van der Waals surface area contributed by atoms with Gasteiger partial charge in [0, 0.05) is 0 Å². The Morgan fingerprint density at radius 3 is 2.93 bits per heavy atom. The molecule has 1 aromatic carbocycles. The zero-order chi connectivity index (χ0) is 11.1. The van der Waals surface area contributed by atoms with Gasteiger partial charge in [-0.15, -0.1) is 0 Å². The summed E-state index contributed by atoms with van der Waals surface area (Å²) in [5.41, 5.74) is 2.25. The number of rotatable bonds is 5. The molecule has 0 aliphatic heterocycles. The lowest BCUT2D eigenvalue weighted by Gasteiger charge is -2.08. The van der Waals surface area contributed by atoms with E-state index in [4.69, 9.17) is 4.74 Å². The first kappa shape index (κ1) is 11.5. The van der Waals surface area contributed by atoms with Crippen LogP contribution in [0.1, 0.15) is 18.1 Å². The molecule has 3 nitrogen and oxygen atoms in total. The van der Waals surface area contributed by atoms with Gasteiger partial charge >= 0.3 is 0 Å². The van der Waals surface area contributed by atoms with Gasteiger partial charge in [-0.25, -0.2) is 9.79 Å². The Labute approximate surface area is 89.8 Å². The first-order valence-electron chi connectivity index (χ1n) is 5.04. The highest BCUT2D eigenvalue weighted by atomic mass is 16.5. The number of hydrogen-bond acceptors (Lipinski definition) is 3. The zero-order valence-corrected chi connectivity index (χ0v) is 9.12. The molecule has 0 N–H and O–H groups in total. The van der Waals surface area contributed by atoms with E-state index in [-0.39, 0.29) is 0 Å². The maximum atomic E-state index is 9.90. The standard InChI is InChI=1S/C12H15NO2/c1-3-15-12-8-11(5-4-10(12)2)6-7-13-9-14/h4-5,8H,3,6-7H2,1-2H3. The maximum Gasteiger partial charge on any atom is 0.234 e. The Kier molecular flexibility index (Phi) is 4.58. The van der Waals surface area contributed by atoms with Crippen LogP contribution in [-0.4, -0.2) is 19.2 Å². The highest BCUT2D eigenvalue weighted by Crippen LogP contribution is 2.19. The van der Waals surface area contributed by atoms with Crippen molar-refractivity contribution in [2.24, 2.45) is 4.99 Å². The molecule has 0 fully saturated rings. The number of aryl methyl sites for hydroxylation is 1. The molecule has 0 spiro atoms. The predicted octanol–water partition coefficient (Wildman–Crippen LogP) is 2.27. The summed E-state index contributed by atoms with van der Waals surface area (Å²) in [5.74, 6) is 0.907. The van der Waals surface area contributed by atoms with Crippen molar-refractivity contribution in [2.75, 3.05) is 13.2 Å². The number of hydrogen-bond donors (Lipinski definition) is 0. The average Bonchev–Trinajstić information content (AvgIpc) is 2.23. The number of carbonyl (C=O) groups excluding carboxylic acids is 1. The first-order valence-corrected chi connectivity index (χ1v) is 5.04. The largest absolute Gasteiger partial charge is 0.494 e. The zero-order valence-electron chi connectivity index (χ0n) is 9.12. The van der Waals surface area contributed by atoms with Crippen LogP contribution >= 0.6 is 0 Å². The number of nitrogens with zero attached hydrogens (tertiary/aromatic N) is 1. The highest BCUT2D eigenvalue weighted by Gasteiger charge is 2.00. The molecule has 0 aromatic heterocycles. The molecule has 0 atom stereocenters. The van der Waals surface area contributed by atoms with Crippen LogP contribution in [0.3, 0.4) is 0 Å². The molecule has 0 amide bonds. The van der Waals surface area contributed by atoms with Gasteiger partial charge in [-0.2, -0.15) is 0 Å². The second-order valence-corrected chi connectivity index (χ2v) is 3.26. The van der Waals surface area contributed by atoms with Crippen LogP contribution in [0.25, 0.3) is 0 Å². The predicted molar refractivity (Wildman–Crippen MR) is 59.0 cm³/mol. The molecule has 3 heteroatoms. The Bertz CT molecular complexity index is 368. The number of isocyanates is 1. The maximum absolute atomic E-state index is 9.90. The van der Waals surface area contributed by atoms with Crippen molar-refractivity contribution in [1.82, 2.24) is 0 Å². The van der Waals surface area contributed by atoms with Crippen LogP contribution < -0.4 is 4.74 Å². The molecular weight excluding hydrogens is 190 g/mol. The summed E-state index contributed by atoms with van der Waals surface area (Å²) in [6, 6.07) is 6.04. The van der Waals surface area contributed by atoms with Crippen molar-refractivity contribution in [2.45, 2.75) is 20.3 Å². The second-order valence-electron chi connectivity index (χ2n) is 3.26. The summed E-state index contributed by atoms with van der Waals surface area (Å²) in [5, 5.41) is 0. The molecule has 0 aliphatic carbocycles. The van der Waals surface area contributed by atoms with Crippen LogP contribution in [0.5, 0.6) is 5.75 Å². The van der Waals surface area contributed by atoms with E-state index in [1.54, 1.807) is 0 Å². The van der Waals surface area contributed by atoms with Gasteiger partial charge in [0.05, 0.1) is 13.2 Å². The van der Waals surface area contributed by atoms with Gasteiger partial charge in [-0.3, -0.25) is 0 Å². The van der Waals surface area contributed by atoms with E-state index in [9.17, 15) is 4.79 Å². The SMILES string of the molecule is CCOc1cc(CCN=C=O)ccc1C.